The molecule has 0 saturated carbocycles. The zero-order valence-corrected chi connectivity index (χ0v) is 15.2. The van der Waals surface area contributed by atoms with Crippen molar-refractivity contribution in [3.05, 3.63) is 68.7 Å². The molecule has 1 atom stereocenters. The highest BCUT2D eigenvalue weighted by atomic mass is 35.5. The van der Waals surface area contributed by atoms with Gasteiger partial charge in [-0.2, -0.15) is 0 Å². The number of benzene rings is 2. The van der Waals surface area contributed by atoms with Gasteiger partial charge in [0, 0.05) is 44.1 Å². The number of nitro groups is 1. The second kappa shape index (κ2) is 7.74. The number of aryl methyl sites for hydroxylation is 1. The Kier molecular flexibility index (Phi) is 5.42. The zero-order valence-electron chi connectivity index (χ0n) is 14.4. The van der Waals surface area contributed by atoms with Crippen LogP contribution in [0.1, 0.15) is 17.5 Å². The maximum absolute atomic E-state index is 12.3. The fourth-order valence-electron chi connectivity index (χ4n) is 3.25. The molecule has 1 unspecified atom stereocenters. The van der Waals surface area contributed by atoms with E-state index in [1.807, 2.05) is 35.2 Å². The van der Waals surface area contributed by atoms with Crippen molar-refractivity contribution in [3.8, 4) is 0 Å². The van der Waals surface area contributed by atoms with Crippen molar-refractivity contribution < 1.29 is 9.72 Å². The number of nitrogens with zero attached hydrogens (tertiary/aromatic N) is 2. The Bertz CT molecular complexity index is 803. The van der Waals surface area contributed by atoms with Crippen LogP contribution in [-0.2, 0) is 11.3 Å². The van der Waals surface area contributed by atoms with Crippen LogP contribution < -0.4 is 5.32 Å². The lowest BCUT2D eigenvalue weighted by Crippen LogP contribution is -2.25. The van der Waals surface area contributed by atoms with Gasteiger partial charge < -0.3 is 10.2 Å². The molecule has 3 rings (SSSR count). The van der Waals surface area contributed by atoms with Gasteiger partial charge in [0.05, 0.1) is 15.6 Å². The van der Waals surface area contributed by atoms with Crippen molar-refractivity contribution in [2.24, 2.45) is 5.92 Å². The molecule has 2 aromatic rings. The van der Waals surface area contributed by atoms with E-state index in [9.17, 15) is 14.9 Å². The van der Waals surface area contributed by atoms with Crippen molar-refractivity contribution in [1.82, 2.24) is 4.90 Å². The second-order valence-corrected chi connectivity index (χ2v) is 6.99. The van der Waals surface area contributed by atoms with Crippen LogP contribution in [0.15, 0.2) is 42.5 Å². The summed E-state index contributed by atoms with van der Waals surface area (Å²) in [4.78, 5) is 24.5. The monoisotopic (exact) mass is 373 g/mol. The lowest BCUT2D eigenvalue weighted by Gasteiger charge is -2.18. The zero-order chi connectivity index (χ0) is 18.7. The molecule has 1 amide bonds. The van der Waals surface area contributed by atoms with Crippen molar-refractivity contribution >= 4 is 28.9 Å². The summed E-state index contributed by atoms with van der Waals surface area (Å²) in [5.41, 5.74) is 2.49. The van der Waals surface area contributed by atoms with Crippen LogP contribution in [0.3, 0.4) is 0 Å². The molecule has 1 fully saturated rings. The van der Waals surface area contributed by atoms with Crippen molar-refractivity contribution in [2.45, 2.75) is 19.9 Å². The normalized spacial score (nSPS) is 16.8. The number of nitro benzene ring substituents is 1. The predicted molar refractivity (Wildman–Crippen MR) is 101 cm³/mol. The fraction of sp³-hybridized carbons (Fsp3) is 0.316. The van der Waals surface area contributed by atoms with Crippen LogP contribution in [0.4, 0.5) is 11.4 Å². The first-order valence-electron chi connectivity index (χ1n) is 8.44. The number of rotatable bonds is 6. The molecule has 136 valence electrons. The number of carbonyl (C=O) groups excluding carboxylic acids is 1. The van der Waals surface area contributed by atoms with Gasteiger partial charge in [-0.25, -0.2) is 0 Å². The number of carbonyl (C=O) groups is 1. The molecule has 6 nitrogen and oxygen atoms in total. The van der Waals surface area contributed by atoms with Crippen molar-refractivity contribution in [2.75, 3.05) is 18.4 Å². The Labute approximate surface area is 156 Å². The lowest BCUT2D eigenvalue weighted by atomic mass is 10.1. The van der Waals surface area contributed by atoms with Gasteiger partial charge in [0.15, 0.2) is 0 Å². The molecule has 1 saturated heterocycles. The SMILES string of the molecule is Cc1cc([N+](=O)[O-])cc(Cl)c1NCC1CC(=O)N(Cc2ccccc2)C1. The molecule has 0 aliphatic carbocycles. The Morgan fingerprint density at radius 3 is 2.69 bits per heavy atom. The molecule has 0 radical (unpaired) electrons. The van der Waals surface area contributed by atoms with Crippen molar-refractivity contribution in [3.63, 3.8) is 0 Å². The highest BCUT2D eigenvalue weighted by molar-refractivity contribution is 6.33. The lowest BCUT2D eigenvalue weighted by molar-refractivity contribution is -0.384. The van der Waals surface area contributed by atoms with E-state index in [4.69, 9.17) is 11.6 Å². The number of anilines is 1. The summed E-state index contributed by atoms with van der Waals surface area (Å²) in [5, 5.41) is 14.5. The van der Waals surface area contributed by atoms with Crippen LogP contribution in [-0.4, -0.2) is 28.8 Å². The van der Waals surface area contributed by atoms with Crippen LogP contribution in [0.25, 0.3) is 0 Å². The van der Waals surface area contributed by atoms with Gasteiger partial charge in [0.25, 0.3) is 5.69 Å². The van der Waals surface area contributed by atoms with E-state index in [1.165, 1.54) is 12.1 Å². The minimum Gasteiger partial charge on any atom is -0.383 e. The molecular weight excluding hydrogens is 354 g/mol. The number of hydrogen-bond donors (Lipinski definition) is 1. The van der Waals surface area contributed by atoms with E-state index in [2.05, 4.69) is 5.32 Å². The van der Waals surface area contributed by atoms with E-state index in [1.54, 1.807) is 6.92 Å². The average Bonchev–Trinajstić information content (AvgIpc) is 2.94. The number of halogens is 1. The van der Waals surface area contributed by atoms with Gasteiger partial charge in [-0.15, -0.1) is 0 Å². The van der Waals surface area contributed by atoms with E-state index in [0.29, 0.717) is 36.8 Å². The first kappa shape index (κ1) is 18.2. The number of nitrogens with one attached hydrogen (secondary N) is 1. The largest absolute Gasteiger partial charge is 0.383 e. The summed E-state index contributed by atoms with van der Waals surface area (Å²) in [6, 6.07) is 12.8. The van der Waals surface area contributed by atoms with Gasteiger partial charge in [-0.3, -0.25) is 14.9 Å². The maximum atomic E-state index is 12.3. The third kappa shape index (κ3) is 4.14. The Balaban J connectivity index is 1.61. The van der Waals surface area contributed by atoms with Gasteiger partial charge >= 0.3 is 0 Å². The molecule has 1 aliphatic heterocycles. The van der Waals surface area contributed by atoms with Crippen LogP contribution in [0.2, 0.25) is 5.02 Å². The summed E-state index contributed by atoms with van der Waals surface area (Å²) in [7, 11) is 0. The molecule has 2 aromatic carbocycles. The summed E-state index contributed by atoms with van der Waals surface area (Å²) in [5.74, 6) is 0.323. The Hall–Kier alpha value is -2.60. The topological polar surface area (TPSA) is 75.5 Å². The number of likely N-dealkylation sites (tertiary alicyclic amines) is 1. The molecule has 0 spiro atoms. The Morgan fingerprint density at radius 2 is 2.04 bits per heavy atom. The summed E-state index contributed by atoms with van der Waals surface area (Å²) in [6.45, 7) is 3.68. The third-order valence-electron chi connectivity index (χ3n) is 4.56. The molecule has 7 heteroatoms. The fourth-order valence-corrected chi connectivity index (χ4v) is 3.58. The second-order valence-electron chi connectivity index (χ2n) is 6.59. The Morgan fingerprint density at radius 1 is 1.31 bits per heavy atom. The molecule has 0 aromatic heterocycles. The summed E-state index contributed by atoms with van der Waals surface area (Å²) in [6.07, 6.45) is 0.490. The molecule has 1 N–H and O–H groups in total. The van der Waals surface area contributed by atoms with E-state index < -0.39 is 4.92 Å². The van der Waals surface area contributed by atoms with Crippen LogP contribution >= 0.6 is 11.6 Å². The van der Waals surface area contributed by atoms with Gasteiger partial charge in [0.1, 0.15) is 0 Å². The van der Waals surface area contributed by atoms with E-state index >= 15 is 0 Å². The molecule has 0 bridgehead atoms. The standard InChI is InChI=1S/C19H20ClN3O3/c1-13-7-16(23(25)26)9-17(20)19(13)21-10-15-8-18(24)22(12-15)11-14-5-3-2-4-6-14/h2-7,9,15,21H,8,10-12H2,1H3. The van der Waals surface area contributed by atoms with Crippen molar-refractivity contribution in [1.29, 1.82) is 0 Å². The minimum atomic E-state index is -0.459. The predicted octanol–water partition coefficient (Wildman–Crippen LogP) is 4.02. The molecule has 1 heterocycles. The first-order chi connectivity index (χ1) is 12.4. The highest BCUT2D eigenvalue weighted by Crippen LogP contribution is 2.31. The van der Waals surface area contributed by atoms with Gasteiger partial charge in [-0.1, -0.05) is 41.9 Å². The summed E-state index contributed by atoms with van der Waals surface area (Å²) >= 11 is 6.18. The van der Waals surface area contributed by atoms with Gasteiger partial charge in [-0.05, 0) is 18.1 Å². The van der Waals surface area contributed by atoms with Crippen LogP contribution in [0, 0.1) is 23.0 Å². The molecule has 1 aliphatic rings. The molecule has 26 heavy (non-hydrogen) atoms. The van der Waals surface area contributed by atoms with E-state index in [0.717, 1.165) is 11.1 Å². The smallest absolute Gasteiger partial charge is 0.271 e. The average molecular weight is 374 g/mol. The highest BCUT2D eigenvalue weighted by Gasteiger charge is 2.29. The minimum absolute atomic E-state index is 0.0249. The maximum Gasteiger partial charge on any atom is 0.271 e. The molecular formula is C19H20ClN3O3. The number of non-ortho nitro benzene ring substituents is 1. The number of hydrogen-bond acceptors (Lipinski definition) is 4. The third-order valence-corrected chi connectivity index (χ3v) is 4.86. The van der Waals surface area contributed by atoms with Crippen LogP contribution in [0.5, 0.6) is 0 Å². The first-order valence-corrected chi connectivity index (χ1v) is 8.82. The quantitative estimate of drug-likeness (QED) is 0.613. The number of amides is 1. The van der Waals surface area contributed by atoms with E-state index in [-0.39, 0.29) is 17.5 Å². The summed E-state index contributed by atoms with van der Waals surface area (Å²) < 4.78 is 0. The van der Waals surface area contributed by atoms with Gasteiger partial charge in [0.2, 0.25) is 5.91 Å².